The van der Waals surface area contributed by atoms with Crippen molar-refractivity contribution in [2.75, 3.05) is 0 Å². The van der Waals surface area contributed by atoms with Crippen molar-refractivity contribution in [3.05, 3.63) is 101 Å². The maximum absolute atomic E-state index is 5.99. The summed E-state index contributed by atoms with van der Waals surface area (Å²) in [4.78, 5) is 4.79. The van der Waals surface area contributed by atoms with E-state index in [1.54, 1.807) is 0 Å². The largest absolute Gasteiger partial charge is 0.331 e. The number of rotatable bonds is 5. The third-order valence-corrected chi connectivity index (χ3v) is 4.98. The van der Waals surface area contributed by atoms with Gasteiger partial charge in [-0.05, 0) is 41.8 Å². The lowest BCUT2D eigenvalue weighted by atomic mass is 10.0. The van der Waals surface area contributed by atoms with Gasteiger partial charge in [-0.3, -0.25) is 0 Å². The molecular weight excluding hydrogens is 364 g/mol. The number of aromatic nitrogens is 2. The maximum atomic E-state index is 5.99. The number of imidazole rings is 1. The molecule has 0 N–H and O–H groups in total. The number of halogens is 1. The molecule has 0 aliphatic heterocycles. The maximum Gasteiger partial charge on any atom is 0.133 e. The first-order valence-corrected chi connectivity index (χ1v) is 9.77. The lowest BCUT2D eigenvalue weighted by molar-refractivity contribution is 0.753. The van der Waals surface area contributed by atoms with Crippen LogP contribution in [0.2, 0.25) is 5.02 Å². The molecule has 0 aliphatic rings. The summed E-state index contributed by atoms with van der Waals surface area (Å²) >= 11 is 5.99. The van der Waals surface area contributed by atoms with Crippen molar-refractivity contribution in [1.29, 1.82) is 0 Å². The summed E-state index contributed by atoms with van der Waals surface area (Å²) in [7, 11) is 0. The van der Waals surface area contributed by atoms with Gasteiger partial charge in [-0.25, -0.2) is 4.98 Å². The molecule has 0 unspecified atom stereocenters. The van der Waals surface area contributed by atoms with E-state index in [-0.39, 0.29) is 0 Å². The van der Waals surface area contributed by atoms with Gasteiger partial charge < -0.3 is 4.57 Å². The Hall–Kier alpha value is -3.10. The lowest BCUT2D eigenvalue weighted by Gasteiger charge is -2.02. The Morgan fingerprint density at radius 2 is 1.43 bits per heavy atom. The molecule has 0 saturated heterocycles. The van der Waals surface area contributed by atoms with Crippen LogP contribution in [0.1, 0.15) is 18.3 Å². The quantitative estimate of drug-likeness (QED) is 0.360. The average Bonchev–Trinajstić information content (AvgIpc) is 3.17. The first kappa shape index (κ1) is 18.3. The molecule has 3 heteroatoms. The molecular formula is C25H21ClN2. The smallest absolute Gasteiger partial charge is 0.133 e. The van der Waals surface area contributed by atoms with Crippen molar-refractivity contribution >= 4 is 23.8 Å². The zero-order valence-corrected chi connectivity index (χ0v) is 16.5. The summed E-state index contributed by atoms with van der Waals surface area (Å²) in [6.45, 7) is 2.99. The average molecular weight is 385 g/mol. The van der Waals surface area contributed by atoms with Crippen LogP contribution < -0.4 is 0 Å². The van der Waals surface area contributed by atoms with Gasteiger partial charge in [-0.15, -0.1) is 0 Å². The van der Waals surface area contributed by atoms with E-state index < -0.39 is 0 Å². The van der Waals surface area contributed by atoms with Gasteiger partial charge in [-0.2, -0.15) is 0 Å². The van der Waals surface area contributed by atoms with Crippen LogP contribution in [0.15, 0.2) is 85.1 Å². The molecule has 0 spiro atoms. The zero-order valence-electron chi connectivity index (χ0n) is 15.7. The normalized spacial score (nSPS) is 11.2. The third-order valence-electron chi connectivity index (χ3n) is 4.73. The Balaban J connectivity index is 1.56. The molecule has 0 fully saturated rings. The minimum Gasteiger partial charge on any atom is -0.331 e. The molecule has 28 heavy (non-hydrogen) atoms. The molecule has 4 aromatic rings. The highest BCUT2D eigenvalue weighted by Crippen LogP contribution is 2.23. The van der Waals surface area contributed by atoms with Crippen LogP contribution in [0.3, 0.4) is 0 Å². The highest BCUT2D eigenvalue weighted by molar-refractivity contribution is 6.30. The second-order valence-corrected chi connectivity index (χ2v) is 7.04. The molecule has 3 aromatic carbocycles. The lowest BCUT2D eigenvalue weighted by Crippen LogP contribution is -1.94. The third kappa shape index (κ3) is 4.08. The van der Waals surface area contributed by atoms with E-state index in [1.807, 2.05) is 30.3 Å². The first-order valence-electron chi connectivity index (χ1n) is 9.39. The van der Waals surface area contributed by atoms with Gasteiger partial charge in [0.15, 0.2) is 0 Å². The molecule has 138 valence electrons. The molecule has 0 aliphatic carbocycles. The van der Waals surface area contributed by atoms with Crippen molar-refractivity contribution in [3.8, 4) is 22.4 Å². The molecule has 0 amide bonds. The second-order valence-electron chi connectivity index (χ2n) is 6.60. The summed E-state index contributed by atoms with van der Waals surface area (Å²) in [5.41, 5.74) is 5.62. The molecule has 1 aromatic heterocycles. The van der Waals surface area contributed by atoms with Crippen LogP contribution in [0.25, 0.3) is 34.5 Å². The van der Waals surface area contributed by atoms with Crippen LogP contribution >= 0.6 is 11.6 Å². The number of nitrogens with zero attached hydrogens (tertiary/aromatic N) is 2. The van der Waals surface area contributed by atoms with Crippen molar-refractivity contribution in [2.24, 2.45) is 0 Å². The van der Waals surface area contributed by atoms with E-state index in [1.165, 1.54) is 11.1 Å². The fraction of sp³-hybridized carbons (Fsp3) is 0.0800. The van der Waals surface area contributed by atoms with Crippen LogP contribution in [0.5, 0.6) is 0 Å². The standard InChI is InChI=1S/C25H21ClN2/c1-2-28-18-24(22-13-15-23(26)16-14-22)27-25(28)17-10-19-8-11-21(12-9-19)20-6-4-3-5-7-20/h3-18H,2H2,1H3/b17-10+. The van der Waals surface area contributed by atoms with Crippen molar-refractivity contribution < 1.29 is 0 Å². The summed E-state index contributed by atoms with van der Waals surface area (Å²) < 4.78 is 2.15. The first-order chi connectivity index (χ1) is 13.7. The Labute approximate surface area is 170 Å². The van der Waals surface area contributed by atoms with E-state index in [9.17, 15) is 0 Å². The molecule has 4 rings (SSSR count). The number of benzene rings is 3. The fourth-order valence-corrected chi connectivity index (χ4v) is 3.29. The van der Waals surface area contributed by atoms with Gasteiger partial charge in [0.1, 0.15) is 5.82 Å². The Bertz CT molecular complexity index is 1080. The van der Waals surface area contributed by atoms with Gasteiger partial charge in [0, 0.05) is 23.3 Å². The topological polar surface area (TPSA) is 17.8 Å². The monoisotopic (exact) mass is 384 g/mol. The SMILES string of the molecule is CCn1cc(-c2ccc(Cl)cc2)nc1/C=C/c1ccc(-c2ccccc2)cc1. The molecule has 0 atom stereocenters. The van der Waals surface area contributed by atoms with Gasteiger partial charge in [0.25, 0.3) is 0 Å². The van der Waals surface area contributed by atoms with Gasteiger partial charge in [0.2, 0.25) is 0 Å². The predicted molar refractivity (Wildman–Crippen MR) is 119 cm³/mol. The summed E-state index contributed by atoms with van der Waals surface area (Å²) in [5.74, 6) is 0.944. The zero-order chi connectivity index (χ0) is 19.3. The van der Waals surface area contributed by atoms with E-state index in [4.69, 9.17) is 16.6 Å². The fourth-order valence-electron chi connectivity index (χ4n) is 3.16. The van der Waals surface area contributed by atoms with Crippen LogP contribution in [-0.4, -0.2) is 9.55 Å². The Morgan fingerprint density at radius 3 is 2.11 bits per heavy atom. The van der Waals surface area contributed by atoms with Crippen LogP contribution in [-0.2, 0) is 6.54 Å². The van der Waals surface area contributed by atoms with Gasteiger partial charge in [0.05, 0.1) is 5.69 Å². The number of hydrogen-bond acceptors (Lipinski definition) is 1. The predicted octanol–water partition coefficient (Wildman–Crippen LogP) is 7.06. The van der Waals surface area contributed by atoms with E-state index in [0.29, 0.717) is 0 Å². The van der Waals surface area contributed by atoms with Crippen molar-refractivity contribution in [3.63, 3.8) is 0 Å². The second kappa shape index (κ2) is 8.28. The number of hydrogen-bond donors (Lipinski definition) is 0. The summed E-state index contributed by atoms with van der Waals surface area (Å²) in [6.07, 6.45) is 6.26. The van der Waals surface area contributed by atoms with Gasteiger partial charge in [-0.1, -0.05) is 84.4 Å². The van der Waals surface area contributed by atoms with E-state index in [2.05, 4.69) is 78.4 Å². The Morgan fingerprint density at radius 1 is 0.786 bits per heavy atom. The summed E-state index contributed by atoms with van der Waals surface area (Å²) in [6, 6.07) is 26.8. The minimum atomic E-state index is 0.734. The number of aryl methyl sites for hydroxylation is 1. The highest BCUT2D eigenvalue weighted by atomic mass is 35.5. The van der Waals surface area contributed by atoms with E-state index in [0.717, 1.165) is 34.2 Å². The van der Waals surface area contributed by atoms with Crippen LogP contribution in [0, 0.1) is 0 Å². The molecule has 0 radical (unpaired) electrons. The Kier molecular flexibility index (Phi) is 5.41. The minimum absolute atomic E-state index is 0.734. The molecule has 0 bridgehead atoms. The molecule has 2 nitrogen and oxygen atoms in total. The van der Waals surface area contributed by atoms with E-state index >= 15 is 0 Å². The van der Waals surface area contributed by atoms with Crippen LogP contribution in [0.4, 0.5) is 0 Å². The highest BCUT2D eigenvalue weighted by Gasteiger charge is 2.06. The molecule has 0 saturated carbocycles. The van der Waals surface area contributed by atoms with Crippen molar-refractivity contribution in [2.45, 2.75) is 13.5 Å². The summed E-state index contributed by atoms with van der Waals surface area (Å²) in [5, 5.41) is 0.734. The van der Waals surface area contributed by atoms with Crippen molar-refractivity contribution in [1.82, 2.24) is 9.55 Å². The molecule has 1 heterocycles. The van der Waals surface area contributed by atoms with Gasteiger partial charge >= 0.3 is 0 Å².